The number of aliphatic hydroxyl groups excluding tert-OH is 1. The van der Waals surface area contributed by atoms with Gasteiger partial charge in [0.25, 0.3) is 0 Å². The average Bonchev–Trinajstić information content (AvgIpc) is 1.99. The number of aliphatic hydroxyl groups is 1. The Bertz CT molecular complexity index is 193. The van der Waals surface area contributed by atoms with E-state index >= 15 is 0 Å². The van der Waals surface area contributed by atoms with Crippen molar-refractivity contribution in [2.45, 2.75) is 19.8 Å². The molecule has 0 aromatic heterocycles. The smallest absolute Gasteiger partial charge is 0.205 e. The zero-order valence-electron chi connectivity index (χ0n) is 6.63. The van der Waals surface area contributed by atoms with Gasteiger partial charge in [0.1, 0.15) is 0 Å². The van der Waals surface area contributed by atoms with Crippen molar-refractivity contribution < 1.29 is 9.90 Å². The van der Waals surface area contributed by atoms with Crippen molar-refractivity contribution in [2.75, 3.05) is 6.61 Å². The summed E-state index contributed by atoms with van der Waals surface area (Å²) in [6.45, 7) is 1.68. The second-order valence-electron chi connectivity index (χ2n) is 1.99. The lowest BCUT2D eigenvalue weighted by atomic mass is 10.2. The van der Waals surface area contributed by atoms with Crippen molar-refractivity contribution in [3.05, 3.63) is 12.2 Å². The highest BCUT2D eigenvalue weighted by atomic mass is 16.2. The Balaban J connectivity index is 3.44. The standard InChI is InChI=1S/C9H12O2/c1-2-6-9(11)7-4-3-5-8-10/h3,5,10H,4,7-8H2,1H3/b5-3-. The molecule has 11 heavy (non-hydrogen) atoms. The lowest BCUT2D eigenvalue weighted by Crippen LogP contribution is -1.90. The molecule has 0 saturated carbocycles. The van der Waals surface area contributed by atoms with Crippen molar-refractivity contribution in [2.24, 2.45) is 0 Å². The maximum absolute atomic E-state index is 10.7. The van der Waals surface area contributed by atoms with Crippen LogP contribution in [-0.2, 0) is 4.79 Å². The lowest BCUT2D eigenvalue weighted by molar-refractivity contribution is -0.113. The predicted octanol–water partition coefficient (Wildman–Crippen LogP) is 0.907. The Hall–Kier alpha value is -1.07. The molecule has 1 N–H and O–H groups in total. The summed E-state index contributed by atoms with van der Waals surface area (Å²) >= 11 is 0. The SMILES string of the molecule is CC#CC(=O)CC/C=C\CO. The molecule has 0 unspecified atom stereocenters. The van der Waals surface area contributed by atoms with Crippen LogP contribution in [0.15, 0.2) is 12.2 Å². The van der Waals surface area contributed by atoms with Crippen LogP contribution >= 0.6 is 0 Å². The first-order valence-electron chi connectivity index (χ1n) is 3.52. The zero-order valence-corrected chi connectivity index (χ0v) is 6.63. The molecule has 0 aliphatic carbocycles. The monoisotopic (exact) mass is 152 g/mol. The highest BCUT2D eigenvalue weighted by Gasteiger charge is 1.91. The normalized spacial score (nSPS) is 9.27. The highest BCUT2D eigenvalue weighted by Crippen LogP contribution is 1.91. The van der Waals surface area contributed by atoms with E-state index in [2.05, 4.69) is 11.8 Å². The summed E-state index contributed by atoms with van der Waals surface area (Å²) < 4.78 is 0. The second kappa shape index (κ2) is 7.04. The van der Waals surface area contributed by atoms with Gasteiger partial charge in [0.2, 0.25) is 5.78 Å². The number of Topliss-reactive ketones (excluding diaryl/α,β-unsaturated/α-hetero) is 1. The van der Waals surface area contributed by atoms with Crippen LogP contribution in [0.25, 0.3) is 0 Å². The molecule has 0 heterocycles. The van der Waals surface area contributed by atoms with Crippen molar-refractivity contribution in [3.63, 3.8) is 0 Å². The topological polar surface area (TPSA) is 37.3 Å². The maximum atomic E-state index is 10.7. The first kappa shape index (κ1) is 9.93. The molecule has 0 aliphatic rings. The average molecular weight is 152 g/mol. The molecule has 0 fully saturated rings. The van der Waals surface area contributed by atoms with Crippen molar-refractivity contribution in [3.8, 4) is 11.8 Å². The molecule has 0 aromatic carbocycles. The molecular weight excluding hydrogens is 140 g/mol. The molecule has 2 heteroatoms. The molecule has 0 atom stereocenters. The third-order valence-electron chi connectivity index (χ3n) is 1.07. The molecule has 0 radical (unpaired) electrons. The van der Waals surface area contributed by atoms with E-state index in [0.717, 1.165) is 0 Å². The van der Waals surface area contributed by atoms with Gasteiger partial charge in [0.05, 0.1) is 6.61 Å². The van der Waals surface area contributed by atoms with E-state index in [-0.39, 0.29) is 12.4 Å². The molecule has 0 aliphatic heterocycles. The van der Waals surface area contributed by atoms with Gasteiger partial charge in [-0.05, 0) is 19.3 Å². The summed E-state index contributed by atoms with van der Waals surface area (Å²) in [6, 6.07) is 0. The molecule has 60 valence electrons. The van der Waals surface area contributed by atoms with Crippen LogP contribution in [0.2, 0.25) is 0 Å². The van der Waals surface area contributed by atoms with Gasteiger partial charge >= 0.3 is 0 Å². The number of ketones is 1. The van der Waals surface area contributed by atoms with E-state index in [1.807, 2.05) is 0 Å². The minimum Gasteiger partial charge on any atom is -0.392 e. The lowest BCUT2D eigenvalue weighted by Gasteiger charge is -1.85. The van der Waals surface area contributed by atoms with Gasteiger partial charge in [-0.1, -0.05) is 18.1 Å². The number of hydrogen-bond donors (Lipinski definition) is 1. The summed E-state index contributed by atoms with van der Waals surface area (Å²) in [4.78, 5) is 10.7. The molecule has 0 bridgehead atoms. The summed E-state index contributed by atoms with van der Waals surface area (Å²) in [5.74, 6) is 4.93. The minimum absolute atomic E-state index is 0.0354. The maximum Gasteiger partial charge on any atom is 0.205 e. The van der Waals surface area contributed by atoms with Crippen LogP contribution in [0.3, 0.4) is 0 Å². The fourth-order valence-electron chi connectivity index (χ4n) is 0.609. The summed E-state index contributed by atoms with van der Waals surface area (Å²) in [7, 11) is 0. The van der Waals surface area contributed by atoms with Gasteiger partial charge in [-0.15, -0.1) is 0 Å². The first-order chi connectivity index (χ1) is 5.31. The van der Waals surface area contributed by atoms with E-state index < -0.39 is 0 Å². The van der Waals surface area contributed by atoms with Gasteiger partial charge in [0, 0.05) is 6.42 Å². The minimum atomic E-state index is -0.0462. The van der Waals surface area contributed by atoms with Crippen LogP contribution in [-0.4, -0.2) is 17.5 Å². The largest absolute Gasteiger partial charge is 0.392 e. The Morgan fingerprint density at radius 2 is 2.27 bits per heavy atom. The first-order valence-corrected chi connectivity index (χ1v) is 3.52. The van der Waals surface area contributed by atoms with Gasteiger partial charge in [0.15, 0.2) is 0 Å². The highest BCUT2D eigenvalue weighted by molar-refractivity contribution is 5.95. The van der Waals surface area contributed by atoms with Crippen LogP contribution in [0, 0.1) is 11.8 Å². The van der Waals surface area contributed by atoms with Gasteiger partial charge in [-0.25, -0.2) is 0 Å². The zero-order chi connectivity index (χ0) is 8.53. The Labute approximate surface area is 66.9 Å². The molecule has 0 amide bonds. The number of allylic oxidation sites excluding steroid dienone is 1. The molecule has 0 rings (SSSR count). The second-order valence-corrected chi connectivity index (χ2v) is 1.99. The Morgan fingerprint density at radius 3 is 2.82 bits per heavy atom. The van der Waals surface area contributed by atoms with Crippen LogP contribution in [0.4, 0.5) is 0 Å². The van der Waals surface area contributed by atoms with Crippen molar-refractivity contribution in [1.82, 2.24) is 0 Å². The Kier molecular flexibility index (Phi) is 6.36. The molecule has 0 aromatic rings. The summed E-state index contributed by atoms with van der Waals surface area (Å²) in [5.41, 5.74) is 0. The van der Waals surface area contributed by atoms with Crippen molar-refractivity contribution >= 4 is 5.78 Å². The van der Waals surface area contributed by atoms with Gasteiger partial charge in [-0.3, -0.25) is 4.79 Å². The van der Waals surface area contributed by atoms with Gasteiger partial charge < -0.3 is 5.11 Å². The third-order valence-corrected chi connectivity index (χ3v) is 1.07. The van der Waals surface area contributed by atoms with Crippen LogP contribution in [0.5, 0.6) is 0 Å². The fraction of sp³-hybridized carbons (Fsp3) is 0.444. The van der Waals surface area contributed by atoms with E-state index in [9.17, 15) is 4.79 Å². The molecule has 0 saturated heterocycles. The number of rotatable bonds is 4. The van der Waals surface area contributed by atoms with E-state index in [1.165, 1.54) is 0 Å². The van der Waals surface area contributed by atoms with Crippen LogP contribution in [0.1, 0.15) is 19.8 Å². The summed E-state index contributed by atoms with van der Waals surface area (Å²) in [5, 5.41) is 8.34. The van der Waals surface area contributed by atoms with E-state index in [4.69, 9.17) is 5.11 Å². The quantitative estimate of drug-likeness (QED) is 0.369. The van der Waals surface area contributed by atoms with Gasteiger partial charge in [-0.2, -0.15) is 0 Å². The molecular formula is C9H12O2. The Morgan fingerprint density at radius 1 is 1.55 bits per heavy atom. The number of carbonyl (C=O) groups is 1. The molecule has 2 nitrogen and oxygen atoms in total. The van der Waals surface area contributed by atoms with E-state index in [0.29, 0.717) is 12.8 Å². The number of carbonyl (C=O) groups excluding carboxylic acids is 1. The third kappa shape index (κ3) is 6.82. The van der Waals surface area contributed by atoms with Crippen molar-refractivity contribution in [1.29, 1.82) is 0 Å². The fourth-order valence-corrected chi connectivity index (χ4v) is 0.609. The van der Waals surface area contributed by atoms with E-state index in [1.54, 1.807) is 19.1 Å². The summed E-state index contributed by atoms with van der Waals surface area (Å²) in [6.07, 6.45) is 4.49. The van der Waals surface area contributed by atoms with Crippen LogP contribution < -0.4 is 0 Å². The number of hydrogen-bond acceptors (Lipinski definition) is 2. The predicted molar refractivity (Wildman–Crippen MR) is 43.9 cm³/mol. The molecule has 0 spiro atoms.